The van der Waals surface area contributed by atoms with Crippen molar-refractivity contribution >= 4 is 17.6 Å². The molecule has 0 saturated carbocycles. The Morgan fingerprint density at radius 3 is 2.38 bits per heavy atom. The van der Waals surface area contributed by atoms with E-state index in [1.807, 2.05) is 19.0 Å². The second kappa shape index (κ2) is 8.96. The van der Waals surface area contributed by atoms with Crippen molar-refractivity contribution in [3.05, 3.63) is 65.5 Å². The number of amides is 3. The van der Waals surface area contributed by atoms with Gasteiger partial charge in [0, 0.05) is 30.9 Å². The molecule has 0 bridgehead atoms. The highest BCUT2D eigenvalue weighted by molar-refractivity contribution is 5.95. The Hall–Kier alpha value is -2.93. The minimum Gasteiger partial charge on any atom is -0.366 e. The van der Waals surface area contributed by atoms with Gasteiger partial charge in [0.2, 0.25) is 5.91 Å². The van der Waals surface area contributed by atoms with E-state index in [4.69, 9.17) is 5.73 Å². The fraction of sp³-hybridized carbons (Fsp3) is 0.263. The Balaban J connectivity index is 2.12. The molecule has 0 saturated heterocycles. The van der Waals surface area contributed by atoms with Crippen LogP contribution < -0.4 is 11.1 Å². The molecule has 0 unspecified atom stereocenters. The molecular formula is C19H23FN4O2. The molecule has 0 aliphatic rings. The van der Waals surface area contributed by atoms with Gasteiger partial charge >= 0.3 is 6.03 Å². The largest absolute Gasteiger partial charge is 0.366 e. The van der Waals surface area contributed by atoms with Crippen LogP contribution in [0.5, 0.6) is 0 Å². The Bertz CT molecular complexity index is 762. The lowest BCUT2D eigenvalue weighted by atomic mass is 10.2. The Kier molecular flexibility index (Phi) is 6.68. The molecule has 3 amide bonds. The highest BCUT2D eigenvalue weighted by Gasteiger charge is 2.15. The van der Waals surface area contributed by atoms with Crippen LogP contribution in [0.1, 0.15) is 15.9 Å². The molecule has 2 aromatic carbocycles. The van der Waals surface area contributed by atoms with Crippen LogP contribution in [0.3, 0.4) is 0 Å². The standard InChI is InChI=1S/C19H23FN4O2/c1-23(2)10-11-24(13-14-6-8-16(20)9-7-14)19(26)22-17-5-3-4-15(12-17)18(21)25/h3-9,12H,10-11,13H2,1-2H3,(H2,21,25)(H,22,26). The predicted molar refractivity (Wildman–Crippen MR) is 99.3 cm³/mol. The van der Waals surface area contributed by atoms with Gasteiger partial charge in [0.1, 0.15) is 5.82 Å². The molecule has 26 heavy (non-hydrogen) atoms. The van der Waals surface area contributed by atoms with E-state index in [9.17, 15) is 14.0 Å². The van der Waals surface area contributed by atoms with Gasteiger partial charge in [-0.1, -0.05) is 18.2 Å². The van der Waals surface area contributed by atoms with E-state index in [2.05, 4.69) is 5.32 Å². The van der Waals surface area contributed by atoms with Crippen molar-refractivity contribution in [3.8, 4) is 0 Å². The van der Waals surface area contributed by atoms with Gasteiger partial charge in [0.15, 0.2) is 0 Å². The number of anilines is 1. The number of likely N-dealkylation sites (N-methyl/N-ethyl adjacent to an activating group) is 1. The molecule has 0 aliphatic heterocycles. The zero-order valence-corrected chi connectivity index (χ0v) is 14.9. The fourth-order valence-corrected chi connectivity index (χ4v) is 2.34. The number of hydrogen-bond donors (Lipinski definition) is 2. The van der Waals surface area contributed by atoms with Crippen molar-refractivity contribution in [1.82, 2.24) is 9.80 Å². The van der Waals surface area contributed by atoms with E-state index in [0.29, 0.717) is 30.9 Å². The van der Waals surface area contributed by atoms with Gasteiger partial charge < -0.3 is 20.9 Å². The fourth-order valence-electron chi connectivity index (χ4n) is 2.34. The van der Waals surface area contributed by atoms with Gasteiger partial charge in [-0.15, -0.1) is 0 Å². The first kappa shape index (κ1) is 19.4. The number of rotatable bonds is 7. The maximum Gasteiger partial charge on any atom is 0.322 e. The van der Waals surface area contributed by atoms with Crippen LogP contribution in [0, 0.1) is 5.82 Å². The van der Waals surface area contributed by atoms with E-state index < -0.39 is 5.91 Å². The second-order valence-electron chi connectivity index (χ2n) is 6.23. The van der Waals surface area contributed by atoms with Gasteiger partial charge in [-0.05, 0) is 50.0 Å². The van der Waals surface area contributed by atoms with E-state index in [0.717, 1.165) is 5.56 Å². The van der Waals surface area contributed by atoms with Crippen molar-refractivity contribution in [2.45, 2.75) is 6.54 Å². The quantitative estimate of drug-likeness (QED) is 0.798. The molecule has 138 valence electrons. The third-order valence-electron chi connectivity index (χ3n) is 3.79. The van der Waals surface area contributed by atoms with Crippen molar-refractivity contribution in [2.75, 3.05) is 32.5 Å². The summed E-state index contributed by atoms with van der Waals surface area (Å²) in [6.45, 7) is 1.51. The van der Waals surface area contributed by atoms with Crippen LogP contribution in [-0.2, 0) is 6.54 Å². The molecule has 0 radical (unpaired) electrons. The molecular weight excluding hydrogens is 335 g/mol. The van der Waals surface area contributed by atoms with E-state index in [1.54, 1.807) is 35.2 Å². The molecule has 7 heteroatoms. The average Bonchev–Trinajstić information content (AvgIpc) is 2.60. The number of urea groups is 1. The number of carbonyl (C=O) groups is 2. The minimum atomic E-state index is -0.558. The molecule has 2 aromatic rings. The first-order valence-electron chi connectivity index (χ1n) is 8.20. The molecule has 3 N–H and O–H groups in total. The average molecular weight is 358 g/mol. The number of nitrogens with two attached hydrogens (primary N) is 1. The summed E-state index contributed by atoms with van der Waals surface area (Å²) in [5.74, 6) is -0.877. The van der Waals surface area contributed by atoms with Gasteiger partial charge in [-0.25, -0.2) is 9.18 Å². The molecule has 2 rings (SSSR count). The van der Waals surface area contributed by atoms with Crippen molar-refractivity contribution in [3.63, 3.8) is 0 Å². The summed E-state index contributed by atoms with van der Waals surface area (Å²) in [7, 11) is 3.84. The maximum absolute atomic E-state index is 13.1. The monoisotopic (exact) mass is 358 g/mol. The molecule has 0 aromatic heterocycles. The highest BCUT2D eigenvalue weighted by atomic mass is 19.1. The van der Waals surface area contributed by atoms with Crippen LogP contribution in [0.15, 0.2) is 48.5 Å². The first-order valence-corrected chi connectivity index (χ1v) is 8.20. The topological polar surface area (TPSA) is 78.7 Å². The summed E-state index contributed by atoms with van der Waals surface area (Å²) in [6.07, 6.45) is 0. The minimum absolute atomic E-state index is 0.308. The van der Waals surface area contributed by atoms with Crippen molar-refractivity contribution < 1.29 is 14.0 Å². The van der Waals surface area contributed by atoms with Crippen molar-refractivity contribution in [1.29, 1.82) is 0 Å². The van der Waals surface area contributed by atoms with E-state index in [-0.39, 0.29) is 11.8 Å². The predicted octanol–water partition coefficient (Wildman–Crippen LogP) is 2.52. The number of primary amides is 1. The maximum atomic E-state index is 13.1. The van der Waals surface area contributed by atoms with E-state index in [1.165, 1.54) is 18.2 Å². The van der Waals surface area contributed by atoms with Crippen LogP contribution in [0.25, 0.3) is 0 Å². The summed E-state index contributed by atoms with van der Waals surface area (Å²) in [5.41, 5.74) is 6.90. The molecule has 0 aliphatic carbocycles. The summed E-state index contributed by atoms with van der Waals surface area (Å²) in [5, 5.41) is 2.78. The number of hydrogen-bond acceptors (Lipinski definition) is 3. The number of benzene rings is 2. The van der Waals surface area contributed by atoms with Gasteiger partial charge in [0.25, 0.3) is 0 Å². The second-order valence-corrected chi connectivity index (χ2v) is 6.23. The third kappa shape index (κ3) is 5.86. The lowest BCUT2D eigenvalue weighted by molar-refractivity contribution is 0.1000. The number of carbonyl (C=O) groups excluding carboxylic acids is 2. The van der Waals surface area contributed by atoms with Gasteiger partial charge in [-0.3, -0.25) is 4.79 Å². The molecule has 0 fully saturated rings. The van der Waals surface area contributed by atoms with Crippen molar-refractivity contribution in [2.24, 2.45) is 5.73 Å². The Morgan fingerprint density at radius 2 is 1.77 bits per heavy atom. The zero-order valence-electron chi connectivity index (χ0n) is 14.9. The molecule has 0 atom stereocenters. The number of nitrogens with zero attached hydrogens (tertiary/aromatic N) is 2. The summed E-state index contributed by atoms with van der Waals surface area (Å²) < 4.78 is 13.1. The Labute approximate surface area is 152 Å². The summed E-state index contributed by atoms with van der Waals surface area (Å²) >= 11 is 0. The zero-order chi connectivity index (χ0) is 19.1. The van der Waals surface area contributed by atoms with Gasteiger partial charge in [-0.2, -0.15) is 0 Å². The third-order valence-corrected chi connectivity index (χ3v) is 3.79. The summed E-state index contributed by atoms with van der Waals surface area (Å²) in [6, 6.07) is 12.2. The Morgan fingerprint density at radius 1 is 1.08 bits per heavy atom. The number of halogens is 1. The van der Waals surface area contributed by atoms with Crippen LogP contribution in [0.4, 0.5) is 14.9 Å². The first-order chi connectivity index (χ1) is 12.3. The SMILES string of the molecule is CN(C)CCN(Cc1ccc(F)cc1)C(=O)Nc1cccc(C(N)=O)c1. The normalized spacial score (nSPS) is 10.6. The van der Waals surface area contributed by atoms with Gasteiger partial charge in [0.05, 0.1) is 0 Å². The molecule has 0 spiro atoms. The lowest BCUT2D eigenvalue weighted by Crippen LogP contribution is -2.39. The molecule has 0 heterocycles. The van der Waals surface area contributed by atoms with Crippen LogP contribution >= 0.6 is 0 Å². The number of nitrogens with one attached hydrogen (secondary N) is 1. The molecule has 6 nitrogen and oxygen atoms in total. The van der Waals surface area contributed by atoms with E-state index >= 15 is 0 Å². The highest BCUT2D eigenvalue weighted by Crippen LogP contribution is 2.13. The lowest BCUT2D eigenvalue weighted by Gasteiger charge is -2.25. The summed E-state index contributed by atoms with van der Waals surface area (Å²) in [4.78, 5) is 27.6. The smallest absolute Gasteiger partial charge is 0.322 e. The van der Waals surface area contributed by atoms with Crippen LogP contribution in [-0.4, -0.2) is 48.9 Å². The van der Waals surface area contributed by atoms with Crippen LogP contribution in [0.2, 0.25) is 0 Å².